The van der Waals surface area contributed by atoms with E-state index in [9.17, 15) is 12.8 Å². The molecule has 0 saturated heterocycles. The first-order chi connectivity index (χ1) is 12.5. The van der Waals surface area contributed by atoms with Gasteiger partial charge in [-0.25, -0.2) is 9.07 Å². The van der Waals surface area contributed by atoms with Gasteiger partial charge < -0.3 is 9.47 Å². The summed E-state index contributed by atoms with van der Waals surface area (Å²) in [6.45, 7) is 7.58. The lowest BCUT2D eigenvalue weighted by Crippen LogP contribution is -2.22. The van der Waals surface area contributed by atoms with E-state index in [2.05, 4.69) is 24.7 Å². The van der Waals surface area contributed by atoms with Gasteiger partial charge in [-0.1, -0.05) is 19.6 Å². The molecule has 10 heteroatoms. The third-order valence-electron chi connectivity index (χ3n) is 3.95. The van der Waals surface area contributed by atoms with E-state index in [-0.39, 0.29) is 25.5 Å². The molecule has 0 aliphatic carbocycles. The number of methoxy groups -OCH3 is 1. The second-order valence-electron chi connectivity index (χ2n) is 7.55. The molecule has 0 bridgehead atoms. The van der Waals surface area contributed by atoms with Crippen molar-refractivity contribution in [3.05, 3.63) is 23.6 Å². The first-order valence-corrected chi connectivity index (χ1v) is 14.2. The maximum atomic E-state index is 14.1. The van der Waals surface area contributed by atoms with Crippen LogP contribution in [-0.4, -0.2) is 52.9 Å². The van der Waals surface area contributed by atoms with Gasteiger partial charge in [-0.2, -0.15) is 13.5 Å². The van der Waals surface area contributed by atoms with Crippen LogP contribution in [0.15, 0.2) is 12.1 Å². The Morgan fingerprint density at radius 2 is 1.93 bits per heavy atom. The van der Waals surface area contributed by atoms with Crippen LogP contribution in [-0.2, 0) is 32.2 Å². The smallest absolute Gasteiger partial charge is 0.264 e. The lowest BCUT2D eigenvalue weighted by Gasteiger charge is -2.15. The molecule has 1 heterocycles. The molecule has 0 fully saturated rings. The number of fused-ring (bicyclic) bond motifs is 1. The molecule has 152 valence electrons. The highest BCUT2D eigenvalue weighted by Crippen LogP contribution is 2.32. The standard InChI is InChI=1S/C17H27FN2O5SSi/c1-23-17-13(18)6-7-15-16(17)14(8-9-25-26(2,21)22)19-20(15)12-24-10-11-27(3,4)5/h6-7H,8-12H2,1-5H3. The first-order valence-electron chi connectivity index (χ1n) is 8.66. The van der Waals surface area contributed by atoms with Crippen LogP contribution in [0.5, 0.6) is 5.75 Å². The van der Waals surface area contributed by atoms with E-state index in [1.165, 1.54) is 13.2 Å². The van der Waals surface area contributed by atoms with Crippen molar-refractivity contribution < 1.29 is 26.5 Å². The lowest BCUT2D eigenvalue weighted by molar-refractivity contribution is 0.0813. The number of nitrogens with zero attached hydrogens (tertiary/aromatic N) is 2. The van der Waals surface area contributed by atoms with Crippen molar-refractivity contribution >= 4 is 29.1 Å². The summed E-state index contributed by atoms with van der Waals surface area (Å²) in [6, 6.07) is 3.96. The number of benzene rings is 1. The van der Waals surface area contributed by atoms with E-state index < -0.39 is 24.0 Å². The second kappa shape index (κ2) is 8.68. The Labute approximate surface area is 160 Å². The van der Waals surface area contributed by atoms with E-state index in [0.717, 1.165) is 12.3 Å². The van der Waals surface area contributed by atoms with Gasteiger partial charge in [0, 0.05) is 21.1 Å². The fraction of sp³-hybridized carbons (Fsp3) is 0.588. The van der Waals surface area contributed by atoms with E-state index >= 15 is 0 Å². The van der Waals surface area contributed by atoms with Gasteiger partial charge in [-0.05, 0) is 18.2 Å². The molecule has 0 spiro atoms. The summed E-state index contributed by atoms with van der Waals surface area (Å²) < 4.78 is 53.9. The molecule has 0 atom stereocenters. The summed E-state index contributed by atoms with van der Waals surface area (Å²) in [4.78, 5) is 0. The zero-order valence-corrected chi connectivity index (χ0v) is 18.2. The van der Waals surface area contributed by atoms with Gasteiger partial charge in [0.2, 0.25) is 0 Å². The number of rotatable bonds is 10. The second-order valence-corrected chi connectivity index (χ2v) is 14.8. The highest BCUT2D eigenvalue weighted by atomic mass is 32.2. The van der Waals surface area contributed by atoms with E-state index in [0.29, 0.717) is 23.2 Å². The Kier molecular flexibility index (Phi) is 7.01. The number of hydrogen-bond acceptors (Lipinski definition) is 6. The number of hydrogen-bond donors (Lipinski definition) is 0. The molecule has 0 aliphatic rings. The van der Waals surface area contributed by atoms with E-state index in [1.807, 2.05) is 0 Å². The Hall–Kier alpha value is -1.49. The Morgan fingerprint density at radius 3 is 2.52 bits per heavy atom. The summed E-state index contributed by atoms with van der Waals surface area (Å²) >= 11 is 0. The lowest BCUT2D eigenvalue weighted by atomic mass is 10.1. The summed E-state index contributed by atoms with van der Waals surface area (Å²) in [5, 5.41) is 4.98. The quantitative estimate of drug-likeness (QED) is 0.335. The van der Waals surface area contributed by atoms with Gasteiger partial charge in [0.1, 0.15) is 6.73 Å². The summed E-state index contributed by atoms with van der Waals surface area (Å²) in [5.41, 5.74) is 1.16. The van der Waals surface area contributed by atoms with Crippen LogP contribution in [0.1, 0.15) is 5.69 Å². The van der Waals surface area contributed by atoms with Gasteiger partial charge in [0.25, 0.3) is 10.1 Å². The molecule has 27 heavy (non-hydrogen) atoms. The molecule has 0 aliphatic heterocycles. The molecule has 7 nitrogen and oxygen atoms in total. The number of halogens is 1. The third-order valence-corrected chi connectivity index (χ3v) is 6.25. The van der Waals surface area contributed by atoms with E-state index in [4.69, 9.17) is 13.7 Å². The van der Waals surface area contributed by atoms with E-state index in [1.54, 1.807) is 10.7 Å². The minimum Gasteiger partial charge on any atom is -0.493 e. The van der Waals surface area contributed by atoms with Crippen molar-refractivity contribution in [1.82, 2.24) is 9.78 Å². The Bertz CT molecular complexity index is 893. The molecular formula is C17H27FN2O5SSi. The summed E-state index contributed by atoms with van der Waals surface area (Å²) in [5.74, 6) is -0.426. The largest absolute Gasteiger partial charge is 0.493 e. The Balaban J connectivity index is 2.26. The van der Waals surface area contributed by atoms with Gasteiger partial charge in [0.15, 0.2) is 11.6 Å². The monoisotopic (exact) mass is 418 g/mol. The predicted octanol–water partition coefficient (Wildman–Crippen LogP) is 3.02. The molecule has 0 radical (unpaired) electrons. The Morgan fingerprint density at radius 1 is 1.22 bits per heavy atom. The predicted molar refractivity (Wildman–Crippen MR) is 105 cm³/mol. The average Bonchev–Trinajstić information content (AvgIpc) is 2.87. The highest BCUT2D eigenvalue weighted by Gasteiger charge is 2.19. The normalized spacial score (nSPS) is 12.7. The minimum absolute atomic E-state index is 0.0789. The van der Waals surface area contributed by atoms with Crippen molar-refractivity contribution in [1.29, 1.82) is 0 Å². The maximum absolute atomic E-state index is 14.1. The van der Waals surface area contributed by atoms with Gasteiger partial charge >= 0.3 is 0 Å². The third kappa shape index (κ3) is 6.27. The molecule has 1 aromatic carbocycles. The molecular weight excluding hydrogens is 391 g/mol. The van der Waals surface area contributed by atoms with Crippen LogP contribution in [0.2, 0.25) is 25.7 Å². The van der Waals surface area contributed by atoms with Gasteiger partial charge in [0.05, 0.1) is 36.6 Å². The fourth-order valence-corrected chi connectivity index (χ4v) is 3.73. The van der Waals surface area contributed by atoms with Crippen LogP contribution < -0.4 is 4.74 Å². The van der Waals surface area contributed by atoms with Crippen LogP contribution in [0.25, 0.3) is 10.9 Å². The molecule has 0 saturated carbocycles. The van der Waals surface area contributed by atoms with Crippen LogP contribution in [0.4, 0.5) is 4.39 Å². The number of aromatic nitrogens is 2. The van der Waals surface area contributed by atoms with Crippen molar-refractivity contribution in [3.63, 3.8) is 0 Å². The van der Waals surface area contributed by atoms with Crippen LogP contribution in [0.3, 0.4) is 0 Å². The molecule has 0 N–H and O–H groups in total. The highest BCUT2D eigenvalue weighted by molar-refractivity contribution is 7.85. The zero-order chi connectivity index (χ0) is 20.2. The molecule has 0 unspecified atom stereocenters. The average molecular weight is 419 g/mol. The fourth-order valence-electron chi connectivity index (χ4n) is 2.58. The summed E-state index contributed by atoms with van der Waals surface area (Å²) in [6.07, 6.45) is 1.18. The molecule has 0 amide bonds. The van der Waals surface area contributed by atoms with Crippen LogP contribution in [0, 0.1) is 5.82 Å². The molecule has 2 aromatic rings. The SMILES string of the molecule is COc1c(F)ccc2c1c(CCOS(C)(=O)=O)nn2COCC[Si](C)(C)C. The van der Waals surface area contributed by atoms with Crippen LogP contribution >= 0.6 is 0 Å². The van der Waals surface area contributed by atoms with Gasteiger partial charge in [-0.15, -0.1) is 0 Å². The van der Waals surface area contributed by atoms with Crippen molar-refractivity contribution in [2.45, 2.75) is 38.8 Å². The van der Waals surface area contributed by atoms with Crippen molar-refractivity contribution in [3.8, 4) is 5.75 Å². The first kappa shape index (κ1) is 21.8. The maximum Gasteiger partial charge on any atom is 0.264 e. The zero-order valence-electron chi connectivity index (χ0n) is 16.4. The topological polar surface area (TPSA) is 79.7 Å². The van der Waals surface area contributed by atoms with Crippen molar-refractivity contribution in [2.24, 2.45) is 0 Å². The molecule has 2 rings (SSSR count). The van der Waals surface area contributed by atoms with Crippen molar-refractivity contribution in [2.75, 3.05) is 26.6 Å². The minimum atomic E-state index is -3.56. The summed E-state index contributed by atoms with van der Waals surface area (Å²) in [7, 11) is -3.37. The molecule has 1 aromatic heterocycles. The van der Waals surface area contributed by atoms with Gasteiger partial charge in [-0.3, -0.25) is 4.18 Å². The number of ether oxygens (including phenoxy) is 2.